The zero-order valence-electron chi connectivity index (χ0n) is 7.72. The lowest BCUT2D eigenvalue weighted by atomic mass is 9.82. The van der Waals surface area contributed by atoms with E-state index in [9.17, 15) is 0 Å². The fourth-order valence-corrected chi connectivity index (χ4v) is 1.88. The number of epoxide rings is 1. The van der Waals surface area contributed by atoms with Crippen molar-refractivity contribution in [2.75, 3.05) is 0 Å². The molecular formula is C10H16O. The topological polar surface area (TPSA) is 12.5 Å². The van der Waals surface area contributed by atoms with E-state index in [1.807, 2.05) is 0 Å². The fraction of sp³-hybridized carbons (Fsp3) is 0.800. The Morgan fingerprint density at radius 1 is 1.27 bits per heavy atom. The molecule has 1 nitrogen and oxygen atoms in total. The van der Waals surface area contributed by atoms with E-state index in [2.05, 4.69) is 33.6 Å². The first kappa shape index (κ1) is 8.62. The third-order valence-corrected chi connectivity index (χ3v) is 2.63. The van der Waals surface area contributed by atoms with Gasteiger partial charge in [-0.15, -0.1) is 6.42 Å². The molecule has 1 heteroatoms. The Bertz CT molecular complexity index is 178. The normalized spacial score (nSPS) is 27.2. The Morgan fingerprint density at radius 3 is 1.82 bits per heavy atom. The summed E-state index contributed by atoms with van der Waals surface area (Å²) >= 11 is 0. The molecule has 0 aliphatic carbocycles. The second-order valence-electron chi connectivity index (χ2n) is 3.83. The minimum atomic E-state index is -0.0191. The monoisotopic (exact) mass is 152 g/mol. The van der Waals surface area contributed by atoms with Gasteiger partial charge in [-0.05, 0) is 11.8 Å². The highest BCUT2D eigenvalue weighted by Crippen LogP contribution is 2.48. The Morgan fingerprint density at radius 2 is 1.73 bits per heavy atom. The van der Waals surface area contributed by atoms with Crippen molar-refractivity contribution in [1.82, 2.24) is 0 Å². The van der Waals surface area contributed by atoms with Crippen molar-refractivity contribution in [3.05, 3.63) is 0 Å². The van der Waals surface area contributed by atoms with Crippen molar-refractivity contribution < 1.29 is 4.74 Å². The highest BCUT2D eigenvalue weighted by molar-refractivity contribution is 5.20. The summed E-state index contributed by atoms with van der Waals surface area (Å²) in [7, 11) is 0. The maximum atomic E-state index is 5.54. The quantitative estimate of drug-likeness (QED) is 0.436. The van der Waals surface area contributed by atoms with Gasteiger partial charge in [0.25, 0.3) is 0 Å². The summed E-state index contributed by atoms with van der Waals surface area (Å²) in [5, 5.41) is 0. The molecule has 0 aromatic rings. The lowest BCUT2D eigenvalue weighted by molar-refractivity contribution is 0.181. The molecule has 0 amide bonds. The molecular weight excluding hydrogens is 136 g/mol. The smallest absolute Gasteiger partial charge is 0.148 e. The third kappa shape index (κ3) is 1.06. The highest BCUT2D eigenvalue weighted by atomic mass is 16.6. The second kappa shape index (κ2) is 2.53. The number of ether oxygens (including phenoxy) is 1. The Hall–Kier alpha value is -0.480. The highest BCUT2D eigenvalue weighted by Gasteiger charge is 2.59. The van der Waals surface area contributed by atoms with E-state index in [1.165, 1.54) is 0 Å². The van der Waals surface area contributed by atoms with Crippen LogP contribution in [0.4, 0.5) is 0 Å². The zero-order chi connectivity index (χ0) is 8.65. The van der Waals surface area contributed by atoms with Gasteiger partial charge < -0.3 is 4.74 Å². The van der Waals surface area contributed by atoms with Crippen LogP contribution in [0, 0.1) is 24.2 Å². The van der Waals surface area contributed by atoms with Crippen LogP contribution in [0.2, 0.25) is 0 Å². The molecule has 1 aliphatic heterocycles. The largest absolute Gasteiger partial charge is 0.352 e. The van der Waals surface area contributed by atoms with Crippen LogP contribution in [0.5, 0.6) is 0 Å². The molecule has 11 heavy (non-hydrogen) atoms. The summed E-state index contributed by atoms with van der Waals surface area (Å²) in [6.45, 7) is 8.66. The molecule has 1 aliphatic rings. The van der Waals surface area contributed by atoms with Gasteiger partial charge in [0, 0.05) is 0 Å². The van der Waals surface area contributed by atoms with E-state index in [0.29, 0.717) is 11.8 Å². The van der Waals surface area contributed by atoms with Gasteiger partial charge in [0.2, 0.25) is 0 Å². The number of hydrogen-bond donors (Lipinski definition) is 0. The SMILES string of the molecule is C#CC1OC1(C(C)C)C(C)C. The average molecular weight is 152 g/mol. The van der Waals surface area contributed by atoms with Gasteiger partial charge in [-0.3, -0.25) is 0 Å². The Kier molecular flexibility index (Phi) is 1.98. The standard InChI is InChI=1S/C10H16O/c1-6-9-10(11-9,7(2)3)8(4)5/h1,7-9H,2-5H3. The molecule has 0 saturated carbocycles. The summed E-state index contributed by atoms with van der Waals surface area (Å²) in [4.78, 5) is 0. The predicted molar refractivity (Wildman–Crippen MR) is 46.1 cm³/mol. The first-order chi connectivity index (χ1) is 5.05. The summed E-state index contributed by atoms with van der Waals surface area (Å²) in [5.74, 6) is 3.70. The summed E-state index contributed by atoms with van der Waals surface area (Å²) in [5.41, 5.74) is -0.0191. The maximum Gasteiger partial charge on any atom is 0.148 e. The molecule has 62 valence electrons. The lowest BCUT2D eigenvalue weighted by Crippen LogP contribution is -2.28. The van der Waals surface area contributed by atoms with Gasteiger partial charge >= 0.3 is 0 Å². The molecule has 0 aromatic heterocycles. The van der Waals surface area contributed by atoms with Crippen molar-refractivity contribution in [1.29, 1.82) is 0 Å². The number of rotatable bonds is 2. The molecule has 1 fully saturated rings. The molecule has 0 N–H and O–H groups in total. The van der Waals surface area contributed by atoms with Crippen LogP contribution in [-0.4, -0.2) is 11.7 Å². The molecule has 1 heterocycles. The summed E-state index contributed by atoms with van der Waals surface area (Å²) in [6, 6.07) is 0. The minimum absolute atomic E-state index is 0.0191. The second-order valence-corrected chi connectivity index (χ2v) is 3.83. The third-order valence-electron chi connectivity index (χ3n) is 2.63. The first-order valence-corrected chi connectivity index (χ1v) is 4.19. The van der Waals surface area contributed by atoms with Crippen LogP contribution < -0.4 is 0 Å². The molecule has 0 aromatic carbocycles. The van der Waals surface area contributed by atoms with Gasteiger partial charge in [-0.1, -0.05) is 33.6 Å². The van der Waals surface area contributed by atoms with Crippen LogP contribution in [0.25, 0.3) is 0 Å². The van der Waals surface area contributed by atoms with E-state index >= 15 is 0 Å². The Balaban J connectivity index is 2.73. The van der Waals surface area contributed by atoms with Crippen molar-refractivity contribution in [3.63, 3.8) is 0 Å². The van der Waals surface area contributed by atoms with Crippen LogP contribution in [0.3, 0.4) is 0 Å². The van der Waals surface area contributed by atoms with Crippen LogP contribution >= 0.6 is 0 Å². The average Bonchev–Trinajstić information content (AvgIpc) is 2.61. The van der Waals surface area contributed by atoms with Gasteiger partial charge in [0.15, 0.2) is 0 Å². The zero-order valence-corrected chi connectivity index (χ0v) is 7.72. The maximum absolute atomic E-state index is 5.54. The fourth-order valence-electron chi connectivity index (χ4n) is 1.88. The van der Waals surface area contributed by atoms with Crippen molar-refractivity contribution in [3.8, 4) is 12.3 Å². The Labute approximate surface area is 69.1 Å². The molecule has 1 atom stereocenters. The summed E-state index contributed by atoms with van der Waals surface area (Å²) in [6.07, 6.45) is 5.37. The van der Waals surface area contributed by atoms with E-state index in [-0.39, 0.29) is 11.7 Å². The van der Waals surface area contributed by atoms with E-state index < -0.39 is 0 Å². The molecule has 0 bridgehead atoms. The molecule has 1 rings (SSSR count). The summed E-state index contributed by atoms with van der Waals surface area (Å²) < 4.78 is 5.54. The van der Waals surface area contributed by atoms with E-state index in [0.717, 1.165) is 0 Å². The van der Waals surface area contributed by atoms with Crippen molar-refractivity contribution in [2.24, 2.45) is 11.8 Å². The predicted octanol–water partition coefficient (Wildman–Crippen LogP) is 2.07. The molecule has 0 radical (unpaired) electrons. The number of terminal acetylenes is 1. The van der Waals surface area contributed by atoms with Crippen molar-refractivity contribution in [2.45, 2.75) is 39.4 Å². The van der Waals surface area contributed by atoms with Gasteiger partial charge in [-0.2, -0.15) is 0 Å². The van der Waals surface area contributed by atoms with Gasteiger partial charge in [-0.25, -0.2) is 0 Å². The van der Waals surface area contributed by atoms with E-state index in [4.69, 9.17) is 11.2 Å². The van der Waals surface area contributed by atoms with Crippen molar-refractivity contribution >= 4 is 0 Å². The van der Waals surface area contributed by atoms with Crippen LogP contribution in [0.15, 0.2) is 0 Å². The molecule has 0 spiro atoms. The van der Waals surface area contributed by atoms with E-state index in [1.54, 1.807) is 0 Å². The minimum Gasteiger partial charge on any atom is -0.352 e. The number of hydrogen-bond acceptors (Lipinski definition) is 1. The molecule has 1 unspecified atom stereocenters. The van der Waals surface area contributed by atoms with Crippen LogP contribution in [-0.2, 0) is 4.74 Å². The molecule has 1 saturated heterocycles. The van der Waals surface area contributed by atoms with Gasteiger partial charge in [0.1, 0.15) is 11.7 Å². The van der Waals surface area contributed by atoms with Crippen LogP contribution in [0.1, 0.15) is 27.7 Å². The lowest BCUT2D eigenvalue weighted by Gasteiger charge is -2.20. The van der Waals surface area contributed by atoms with Gasteiger partial charge in [0.05, 0.1) is 0 Å². The first-order valence-electron chi connectivity index (χ1n) is 4.19.